The molecule has 1 N–H and O–H groups in total. The predicted molar refractivity (Wildman–Crippen MR) is 89.9 cm³/mol. The van der Waals surface area contributed by atoms with E-state index in [1.807, 2.05) is 40.7 Å². The quantitative estimate of drug-likeness (QED) is 0.803. The summed E-state index contributed by atoms with van der Waals surface area (Å²) in [5.41, 5.74) is 1.83. The van der Waals surface area contributed by atoms with E-state index in [1.54, 1.807) is 10.8 Å². The Labute approximate surface area is 137 Å². The van der Waals surface area contributed by atoms with Crippen molar-refractivity contribution in [2.24, 2.45) is 0 Å². The van der Waals surface area contributed by atoms with Gasteiger partial charge in [-0.25, -0.2) is 9.50 Å². The Morgan fingerprint density at radius 1 is 1.26 bits per heavy atom. The smallest absolute Gasteiger partial charge is 0.263 e. The zero-order valence-corrected chi connectivity index (χ0v) is 13.4. The van der Waals surface area contributed by atoms with Gasteiger partial charge in [0.25, 0.3) is 5.91 Å². The third kappa shape index (κ3) is 2.79. The molecule has 3 aromatic rings. The maximum absolute atomic E-state index is 12.4. The zero-order chi connectivity index (χ0) is 15.6. The number of nitrogens with one attached hydrogen (secondary N) is 1. The van der Waals surface area contributed by atoms with Gasteiger partial charge >= 0.3 is 0 Å². The van der Waals surface area contributed by atoms with Crippen LogP contribution in [0.4, 0.5) is 5.69 Å². The molecule has 0 radical (unpaired) electrons. The second kappa shape index (κ2) is 6.00. The number of likely N-dealkylation sites (tertiary alicyclic amines) is 1. The maximum atomic E-state index is 12.4. The summed E-state index contributed by atoms with van der Waals surface area (Å²) in [6.07, 6.45) is 5.32. The zero-order valence-electron chi connectivity index (χ0n) is 12.6. The van der Waals surface area contributed by atoms with Gasteiger partial charge in [0.05, 0.1) is 10.6 Å². The number of carbonyl (C=O) groups excluding carboxylic acids is 1. The standard InChI is InChI=1S/C16H17N5OS/c22-16(14-4-2-10-23-14)20-8-5-12(6-9-20)19-13-3-1-7-21-15(13)17-11-18-21/h1-4,7,10-12,19H,5-6,8-9H2. The Morgan fingerprint density at radius 3 is 2.91 bits per heavy atom. The van der Waals surface area contributed by atoms with Crippen molar-refractivity contribution in [1.29, 1.82) is 0 Å². The van der Waals surface area contributed by atoms with E-state index >= 15 is 0 Å². The highest BCUT2D eigenvalue weighted by atomic mass is 32.1. The van der Waals surface area contributed by atoms with Gasteiger partial charge in [0, 0.05) is 25.3 Å². The van der Waals surface area contributed by atoms with Crippen molar-refractivity contribution in [3.8, 4) is 0 Å². The van der Waals surface area contributed by atoms with Crippen LogP contribution in [0.3, 0.4) is 0 Å². The highest BCUT2D eigenvalue weighted by molar-refractivity contribution is 7.12. The van der Waals surface area contributed by atoms with Crippen molar-refractivity contribution in [1.82, 2.24) is 19.5 Å². The van der Waals surface area contributed by atoms with Crippen LogP contribution in [0.1, 0.15) is 22.5 Å². The Hall–Kier alpha value is -2.41. The minimum atomic E-state index is 0.151. The average Bonchev–Trinajstić information content (AvgIpc) is 3.27. The molecule has 1 amide bonds. The molecule has 1 aliphatic rings. The number of piperidine rings is 1. The summed E-state index contributed by atoms with van der Waals surface area (Å²) in [7, 11) is 0. The number of amides is 1. The van der Waals surface area contributed by atoms with Gasteiger partial charge in [-0.15, -0.1) is 11.3 Å². The van der Waals surface area contributed by atoms with Gasteiger partial charge in [-0.1, -0.05) is 6.07 Å². The highest BCUT2D eigenvalue weighted by Gasteiger charge is 2.24. The van der Waals surface area contributed by atoms with E-state index in [4.69, 9.17) is 0 Å². The van der Waals surface area contributed by atoms with E-state index in [0.717, 1.165) is 42.1 Å². The van der Waals surface area contributed by atoms with Crippen molar-refractivity contribution in [3.05, 3.63) is 47.0 Å². The number of thiophene rings is 1. The summed E-state index contributed by atoms with van der Waals surface area (Å²) >= 11 is 1.51. The lowest BCUT2D eigenvalue weighted by Crippen LogP contribution is -2.42. The van der Waals surface area contributed by atoms with Gasteiger partial charge in [-0.05, 0) is 36.4 Å². The number of nitrogens with zero attached hydrogens (tertiary/aromatic N) is 4. The summed E-state index contributed by atoms with van der Waals surface area (Å²) in [6.45, 7) is 1.56. The molecule has 0 aliphatic carbocycles. The third-order valence-corrected chi connectivity index (χ3v) is 5.04. The molecule has 0 unspecified atom stereocenters. The molecule has 0 bridgehead atoms. The van der Waals surface area contributed by atoms with E-state index in [0.29, 0.717) is 6.04 Å². The first kappa shape index (κ1) is 14.2. The molecule has 4 heterocycles. The Kier molecular flexibility index (Phi) is 3.70. The highest BCUT2D eigenvalue weighted by Crippen LogP contribution is 2.21. The van der Waals surface area contributed by atoms with Gasteiger partial charge in [0.15, 0.2) is 5.65 Å². The number of carbonyl (C=O) groups is 1. The molecule has 3 aromatic heterocycles. The van der Waals surface area contributed by atoms with Crippen LogP contribution in [0.5, 0.6) is 0 Å². The SMILES string of the molecule is O=C(c1cccs1)N1CCC(Nc2cccn3ncnc23)CC1. The number of fused-ring (bicyclic) bond motifs is 1. The fourth-order valence-corrected chi connectivity index (χ4v) is 3.65. The van der Waals surface area contributed by atoms with E-state index in [2.05, 4.69) is 15.4 Å². The maximum Gasteiger partial charge on any atom is 0.263 e. The van der Waals surface area contributed by atoms with Gasteiger partial charge in [-0.2, -0.15) is 5.10 Å². The summed E-state index contributed by atoms with van der Waals surface area (Å²) in [4.78, 5) is 19.4. The molecule has 0 saturated carbocycles. The largest absolute Gasteiger partial charge is 0.379 e. The number of anilines is 1. The van der Waals surface area contributed by atoms with Crippen molar-refractivity contribution >= 4 is 28.6 Å². The molecule has 0 atom stereocenters. The van der Waals surface area contributed by atoms with Crippen LogP contribution in [0.2, 0.25) is 0 Å². The van der Waals surface area contributed by atoms with Crippen LogP contribution in [-0.4, -0.2) is 44.5 Å². The Balaban J connectivity index is 1.40. The first-order valence-corrected chi connectivity index (χ1v) is 8.57. The molecule has 7 heteroatoms. The molecule has 118 valence electrons. The molecule has 1 saturated heterocycles. The van der Waals surface area contributed by atoms with Crippen LogP contribution < -0.4 is 5.32 Å². The first-order chi connectivity index (χ1) is 11.3. The minimum absolute atomic E-state index is 0.151. The second-order valence-electron chi connectivity index (χ2n) is 5.64. The fraction of sp³-hybridized carbons (Fsp3) is 0.312. The van der Waals surface area contributed by atoms with Crippen LogP contribution in [0, 0.1) is 0 Å². The average molecular weight is 327 g/mol. The summed E-state index contributed by atoms with van der Waals surface area (Å²) < 4.78 is 1.76. The number of hydrogen-bond donors (Lipinski definition) is 1. The lowest BCUT2D eigenvalue weighted by Gasteiger charge is -2.32. The third-order valence-electron chi connectivity index (χ3n) is 4.18. The fourth-order valence-electron chi connectivity index (χ4n) is 2.96. The van der Waals surface area contributed by atoms with Crippen molar-refractivity contribution in [2.45, 2.75) is 18.9 Å². The van der Waals surface area contributed by atoms with Crippen LogP contribution in [0.25, 0.3) is 5.65 Å². The first-order valence-electron chi connectivity index (χ1n) is 7.69. The molecular formula is C16H17N5OS. The molecule has 23 heavy (non-hydrogen) atoms. The number of aromatic nitrogens is 3. The molecule has 1 fully saturated rings. The Bertz CT molecular complexity index is 805. The molecule has 0 spiro atoms. The van der Waals surface area contributed by atoms with Gasteiger partial charge in [0.2, 0.25) is 0 Å². The normalized spacial score (nSPS) is 15.9. The lowest BCUT2D eigenvalue weighted by atomic mass is 10.0. The predicted octanol–water partition coefficient (Wildman–Crippen LogP) is 2.51. The van der Waals surface area contributed by atoms with E-state index < -0.39 is 0 Å². The van der Waals surface area contributed by atoms with Gasteiger partial charge < -0.3 is 10.2 Å². The summed E-state index contributed by atoms with van der Waals surface area (Å²) in [5.74, 6) is 0.151. The monoisotopic (exact) mass is 327 g/mol. The van der Waals surface area contributed by atoms with E-state index in [-0.39, 0.29) is 5.91 Å². The molecular weight excluding hydrogens is 310 g/mol. The van der Waals surface area contributed by atoms with Crippen molar-refractivity contribution < 1.29 is 4.79 Å². The second-order valence-corrected chi connectivity index (χ2v) is 6.59. The number of hydrogen-bond acceptors (Lipinski definition) is 5. The number of pyridine rings is 1. The number of rotatable bonds is 3. The minimum Gasteiger partial charge on any atom is -0.379 e. The van der Waals surface area contributed by atoms with Crippen molar-refractivity contribution in [3.63, 3.8) is 0 Å². The van der Waals surface area contributed by atoms with Crippen LogP contribution in [0.15, 0.2) is 42.2 Å². The summed E-state index contributed by atoms with van der Waals surface area (Å²) in [5, 5.41) is 9.64. The van der Waals surface area contributed by atoms with Crippen molar-refractivity contribution in [2.75, 3.05) is 18.4 Å². The topological polar surface area (TPSA) is 62.5 Å². The molecule has 1 aliphatic heterocycles. The molecule has 4 rings (SSSR count). The lowest BCUT2D eigenvalue weighted by molar-refractivity contribution is 0.0723. The van der Waals surface area contributed by atoms with Gasteiger partial charge in [0.1, 0.15) is 6.33 Å². The van der Waals surface area contributed by atoms with E-state index in [1.165, 1.54) is 11.3 Å². The van der Waals surface area contributed by atoms with Gasteiger partial charge in [-0.3, -0.25) is 4.79 Å². The molecule has 6 nitrogen and oxygen atoms in total. The molecule has 0 aromatic carbocycles. The summed E-state index contributed by atoms with van der Waals surface area (Å²) in [6, 6.07) is 8.15. The van der Waals surface area contributed by atoms with Crippen LogP contribution in [-0.2, 0) is 0 Å². The van der Waals surface area contributed by atoms with E-state index in [9.17, 15) is 4.79 Å². The van der Waals surface area contributed by atoms with Crippen LogP contribution >= 0.6 is 11.3 Å². The Morgan fingerprint density at radius 2 is 2.13 bits per heavy atom.